The van der Waals surface area contributed by atoms with Crippen LogP contribution in [0, 0.1) is 11.8 Å². The summed E-state index contributed by atoms with van der Waals surface area (Å²) in [5.41, 5.74) is 8.36. The second kappa shape index (κ2) is 8.04. The fourth-order valence-corrected chi connectivity index (χ4v) is 5.77. The van der Waals surface area contributed by atoms with Crippen LogP contribution in [0.15, 0.2) is 18.3 Å². The molecular weight excluding hydrogens is 400 g/mol. The van der Waals surface area contributed by atoms with Gasteiger partial charge in [-0.1, -0.05) is 6.92 Å². The molecule has 3 fully saturated rings. The number of halogens is 2. The Kier molecular flexibility index (Phi) is 5.36. The van der Waals surface area contributed by atoms with E-state index in [0.717, 1.165) is 30.0 Å². The maximum absolute atomic E-state index is 12.7. The number of nitrogens with zero attached hydrogens (tertiary/aromatic N) is 4. The molecule has 31 heavy (non-hydrogen) atoms. The van der Waals surface area contributed by atoms with Crippen molar-refractivity contribution in [2.75, 3.05) is 18.8 Å². The number of rotatable bonds is 7. The first kappa shape index (κ1) is 20.7. The highest BCUT2D eigenvalue weighted by atomic mass is 19.3. The van der Waals surface area contributed by atoms with Crippen molar-refractivity contribution in [3.8, 4) is 17.0 Å². The van der Waals surface area contributed by atoms with Gasteiger partial charge in [-0.05, 0) is 76.1 Å². The average Bonchev–Trinajstić information content (AvgIpc) is 3.26. The Morgan fingerprint density at radius 1 is 1.19 bits per heavy atom. The molecule has 0 aromatic carbocycles. The molecule has 0 radical (unpaired) electrons. The molecule has 0 bridgehead atoms. The molecule has 6 nitrogen and oxygen atoms in total. The maximum atomic E-state index is 12.7. The van der Waals surface area contributed by atoms with Crippen molar-refractivity contribution in [1.29, 1.82) is 0 Å². The molecule has 8 heteroatoms. The van der Waals surface area contributed by atoms with E-state index < -0.39 is 6.61 Å². The van der Waals surface area contributed by atoms with Crippen LogP contribution in [0.2, 0.25) is 0 Å². The number of fused-ring (bicyclic) bond motifs is 1. The summed E-state index contributed by atoms with van der Waals surface area (Å²) >= 11 is 0. The Balaban J connectivity index is 1.40. The van der Waals surface area contributed by atoms with E-state index in [9.17, 15) is 8.78 Å². The van der Waals surface area contributed by atoms with Crippen LogP contribution < -0.4 is 10.5 Å². The topological polar surface area (TPSA) is 69.2 Å². The van der Waals surface area contributed by atoms with Gasteiger partial charge in [-0.3, -0.25) is 4.68 Å². The third kappa shape index (κ3) is 3.79. The summed E-state index contributed by atoms with van der Waals surface area (Å²) in [6.45, 7) is 3.92. The van der Waals surface area contributed by atoms with Crippen LogP contribution in [0.5, 0.6) is 5.75 Å². The van der Waals surface area contributed by atoms with Crippen LogP contribution >= 0.6 is 0 Å². The van der Waals surface area contributed by atoms with Gasteiger partial charge in [0.05, 0.1) is 5.69 Å². The van der Waals surface area contributed by atoms with Gasteiger partial charge in [-0.2, -0.15) is 13.9 Å². The Bertz CT molecular complexity index is 930. The molecular formula is C23H31F2N5O. The lowest BCUT2D eigenvalue weighted by atomic mass is 10.0. The van der Waals surface area contributed by atoms with Crippen molar-refractivity contribution >= 4 is 5.82 Å². The van der Waals surface area contributed by atoms with Gasteiger partial charge in [-0.25, -0.2) is 4.98 Å². The van der Waals surface area contributed by atoms with Crippen molar-refractivity contribution in [3.05, 3.63) is 24.0 Å². The zero-order chi connectivity index (χ0) is 21.7. The third-order valence-corrected chi connectivity index (χ3v) is 7.59. The summed E-state index contributed by atoms with van der Waals surface area (Å²) in [6, 6.07) is 4.67. The van der Waals surface area contributed by atoms with Gasteiger partial charge < -0.3 is 15.4 Å². The number of ether oxygens (including phenoxy) is 1. The maximum Gasteiger partial charge on any atom is 0.387 e. The molecule has 2 aromatic heterocycles. The molecule has 3 heterocycles. The molecule has 1 aliphatic heterocycles. The number of pyridine rings is 1. The zero-order valence-corrected chi connectivity index (χ0v) is 18.2. The van der Waals surface area contributed by atoms with Crippen molar-refractivity contribution < 1.29 is 13.5 Å². The number of nitrogens with two attached hydrogens (primary N) is 1. The molecule has 1 saturated heterocycles. The summed E-state index contributed by atoms with van der Waals surface area (Å²) in [7, 11) is 0. The summed E-state index contributed by atoms with van der Waals surface area (Å²) < 4.78 is 32.1. The lowest BCUT2D eigenvalue weighted by Crippen LogP contribution is -2.31. The van der Waals surface area contributed by atoms with Gasteiger partial charge in [0.2, 0.25) is 0 Å². The van der Waals surface area contributed by atoms with Gasteiger partial charge in [0.25, 0.3) is 0 Å². The van der Waals surface area contributed by atoms with Crippen LogP contribution in [-0.2, 0) is 0 Å². The predicted octanol–water partition coefficient (Wildman–Crippen LogP) is 4.69. The fraction of sp³-hybridized carbons (Fsp3) is 0.652. The molecule has 2 aliphatic carbocycles. The molecule has 0 amide bonds. The number of aromatic nitrogens is 3. The summed E-state index contributed by atoms with van der Waals surface area (Å²) in [6.07, 6.45) is 7.81. The molecule has 168 valence electrons. The summed E-state index contributed by atoms with van der Waals surface area (Å²) in [5.74, 6) is 1.87. The van der Waals surface area contributed by atoms with E-state index in [-0.39, 0.29) is 17.6 Å². The quantitative estimate of drug-likeness (QED) is 0.689. The molecule has 0 spiro atoms. The second-order valence-corrected chi connectivity index (χ2v) is 9.36. The van der Waals surface area contributed by atoms with Crippen LogP contribution in [0.1, 0.15) is 63.6 Å². The summed E-state index contributed by atoms with van der Waals surface area (Å²) in [5, 5.41) is 4.87. The standard InChI is InChI=1S/C23H31F2N5O/c1-3-13(2)30-19(21-16-9-15(10-17(16)21)29-6-4-5-7-29)11-18(28-30)14-8-20(31-23(24)25)22(26)27-12-14/h8,11-13,15-17,21,23H,3-7,9-10H2,1-2H3,(H2,26,27)/t13?,15?,16-,17+,21?. The lowest BCUT2D eigenvalue weighted by molar-refractivity contribution is -0.0494. The number of nitrogen functional groups attached to an aromatic ring is 1. The van der Waals surface area contributed by atoms with Gasteiger partial charge in [0.15, 0.2) is 11.6 Å². The Morgan fingerprint density at radius 2 is 1.90 bits per heavy atom. The first-order valence-corrected chi connectivity index (χ1v) is 11.5. The third-order valence-electron chi connectivity index (χ3n) is 7.59. The van der Waals surface area contributed by atoms with Gasteiger partial charge in [0, 0.05) is 35.5 Å². The Hall–Kier alpha value is -2.22. The Morgan fingerprint density at radius 3 is 2.55 bits per heavy atom. The molecule has 2 aromatic rings. The van der Waals surface area contributed by atoms with Crippen LogP contribution in [0.4, 0.5) is 14.6 Å². The number of hydrogen-bond donors (Lipinski definition) is 1. The highest BCUT2D eigenvalue weighted by Gasteiger charge is 2.58. The molecule has 2 N–H and O–H groups in total. The van der Waals surface area contributed by atoms with Crippen LogP contribution in [-0.4, -0.2) is 45.4 Å². The number of anilines is 1. The van der Waals surface area contributed by atoms with E-state index in [4.69, 9.17) is 10.8 Å². The van der Waals surface area contributed by atoms with Crippen molar-refractivity contribution in [3.63, 3.8) is 0 Å². The van der Waals surface area contributed by atoms with Gasteiger partial charge in [0.1, 0.15) is 0 Å². The predicted molar refractivity (Wildman–Crippen MR) is 115 cm³/mol. The average molecular weight is 432 g/mol. The first-order valence-electron chi connectivity index (χ1n) is 11.5. The molecule has 2 saturated carbocycles. The highest BCUT2D eigenvalue weighted by molar-refractivity contribution is 5.64. The molecule has 5 rings (SSSR count). The van der Waals surface area contributed by atoms with E-state index in [1.54, 1.807) is 6.20 Å². The lowest BCUT2D eigenvalue weighted by Gasteiger charge is -2.25. The van der Waals surface area contributed by atoms with E-state index in [0.29, 0.717) is 11.5 Å². The van der Waals surface area contributed by atoms with E-state index in [1.165, 1.54) is 50.5 Å². The summed E-state index contributed by atoms with van der Waals surface area (Å²) in [4.78, 5) is 6.73. The van der Waals surface area contributed by atoms with Crippen molar-refractivity contribution in [1.82, 2.24) is 19.7 Å². The molecule has 3 aliphatic rings. The number of alkyl halides is 2. The largest absolute Gasteiger partial charge is 0.431 e. The fourth-order valence-electron chi connectivity index (χ4n) is 5.77. The minimum absolute atomic E-state index is 0.0460. The molecule has 5 atom stereocenters. The Labute approximate surface area is 181 Å². The van der Waals surface area contributed by atoms with E-state index in [1.807, 2.05) is 0 Å². The number of hydrogen-bond acceptors (Lipinski definition) is 5. The van der Waals surface area contributed by atoms with Crippen molar-refractivity contribution in [2.24, 2.45) is 11.8 Å². The minimum atomic E-state index is -2.94. The molecule has 3 unspecified atom stereocenters. The second-order valence-electron chi connectivity index (χ2n) is 9.36. The smallest absolute Gasteiger partial charge is 0.387 e. The minimum Gasteiger partial charge on any atom is -0.431 e. The SMILES string of the molecule is CCC(C)n1nc(-c2cnc(N)c(OC(F)F)c2)cc1C1[C@H]2CC(N3CCCC3)C[C@@H]12. The highest BCUT2D eigenvalue weighted by Crippen LogP contribution is 2.64. The monoisotopic (exact) mass is 431 g/mol. The van der Waals surface area contributed by atoms with E-state index in [2.05, 4.69) is 39.2 Å². The first-order chi connectivity index (χ1) is 15.0. The van der Waals surface area contributed by atoms with Gasteiger partial charge >= 0.3 is 6.61 Å². The number of likely N-dealkylation sites (tertiary alicyclic amines) is 1. The van der Waals surface area contributed by atoms with Gasteiger partial charge in [-0.15, -0.1) is 0 Å². The van der Waals surface area contributed by atoms with Crippen molar-refractivity contribution in [2.45, 2.75) is 70.6 Å². The normalized spacial score (nSPS) is 28.8. The van der Waals surface area contributed by atoms with Crippen LogP contribution in [0.3, 0.4) is 0 Å². The van der Waals surface area contributed by atoms with Crippen LogP contribution in [0.25, 0.3) is 11.3 Å². The zero-order valence-electron chi connectivity index (χ0n) is 18.2. The van der Waals surface area contributed by atoms with E-state index >= 15 is 0 Å².